The standard InChI is InChI=1S/C22H39ClN2O2S/c1-2-3-4-5-6-7-8-9-10-11-14-20(23)15-13-18-28(26,27)25-22-17-12-16-21(24)19-22/h12,16-17,19-20,25H,2-11,13-15,18,24H2,1H3. The summed E-state index contributed by atoms with van der Waals surface area (Å²) in [5, 5.41) is 0.0663. The Morgan fingerprint density at radius 2 is 1.50 bits per heavy atom. The first-order valence-electron chi connectivity index (χ1n) is 10.9. The van der Waals surface area contributed by atoms with E-state index in [4.69, 9.17) is 17.3 Å². The minimum atomic E-state index is -3.36. The van der Waals surface area contributed by atoms with Gasteiger partial charge in [-0.15, -0.1) is 11.6 Å². The first kappa shape index (κ1) is 25.1. The van der Waals surface area contributed by atoms with Crippen LogP contribution in [0.1, 0.15) is 90.4 Å². The highest BCUT2D eigenvalue weighted by Gasteiger charge is 2.12. The zero-order valence-electron chi connectivity index (χ0n) is 17.5. The van der Waals surface area contributed by atoms with E-state index in [2.05, 4.69) is 11.6 Å². The van der Waals surface area contributed by atoms with Crippen LogP contribution >= 0.6 is 11.6 Å². The molecule has 1 unspecified atom stereocenters. The van der Waals surface area contributed by atoms with E-state index < -0.39 is 10.0 Å². The highest BCUT2D eigenvalue weighted by atomic mass is 35.5. The molecule has 0 saturated carbocycles. The Balaban J connectivity index is 2.03. The number of hydrogen-bond acceptors (Lipinski definition) is 3. The average Bonchev–Trinajstić information content (AvgIpc) is 2.62. The van der Waals surface area contributed by atoms with Gasteiger partial charge in [-0.1, -0.05) is 77.2 Å². The van der Waals surface area contributed by atoms with Crippen molar-refractivity contribution in [2.75, 3.05) is 16.2 Å². The molecule has 0 amide bonds. The zero-order valence-corrected chi connectivity index (χ0v) is 19.0. The molecule has 28 heavy (non-hydrogen) atoms. The van der Waals surface area contributed by atoms with Gasteiger partial charge in [0.15, 0.2) is 0 Å². The second kappa shape index (κ2) is 15.0. The van der Waals surface area contributed by atoms with E-state index in [0.717, 1.165) is 19.3 Å². The Morgan fingerprint density at radius 1 is 0.929 bits per heavy atom. The summed E-state index contributed by atoms with van der Waals surface area (Å²) < 4.78 is 26.9. The van der Waals surface area contributed by atoms with Crippen LogP contribution in [0.5, 0.6) is 0 Å². The number of nitrogen functional groups attached to an aromatic ring is 1. The number of benzene rings is 1. The van der Waals surface area contributed by atoms with Crippen molar-refractivity contribution in [2.24, 2.45) is 0 Å². The van der Waals surface area contributed by atoms with Gasteiger partial charge in [-0.2, -0.15) is 0 Å². The molecule has 3 N–H and O–H groups in total. The van der Waals surface area contributed by atoms with Gasteiger partial charge in [0, 0.05) is 11.1 Å². The van der Waals surface area contributed by atoms with E-state index in [0.29, 0.717) is 17.8 Å². The van der Waals surface area contributed by atoms with E-state index in [-0.39, 0.29) is 11.1 Å². The van der Waals surface area contributed by atoms with Crippen LogP contribution in [-0.2, 0) is 10.0 Å². The van der Waals surface area contributed by atoms with E-state index >= 15 is 0 Å². The number of nitrogens with one attached hydrogen (secondary N) is 1. The largest absolute Gasteiger partial charge is 0.399 e. The summed E-state index contributed by atoms with van der Waals surface area (Å²) >= 11 is 6.37. The maximum absolute atomic E-state index is 12.1. The number of anilines is 2. The number of halogens is 1. The van der Waals surface area contributed by atoms with Crippen LogP contribution in [-0.4, -0.2) is 19.5 Å². The zero-order chi connectivity index (χ0) is 20.7. The van der Waals surface area contributed by atoms with Crippen LogP contribution in [0.3, 0.4) is 0 Å². The minimum absolute atomic E-state index is 0.0663. The molecule has 1 rings (SSSR count). The van der Waals surface area contributed by atoms with Crippen LogP contribution in [0.25, 0.3) is 0 Å². The van der Waals surface area contributed by atoms with Crippen LogP contribution in [0.2, 0.25) is 0 Å². The van der Waals surface area contributed by atoms with Crippen molar-refractivity contribution in [3.05, 3.63) is 24.3 Å². The highest BCUT2D eigenvalue weighted by molar-refractivity contribution is 7.92. The summed E-state index contributed by atoms with van der Waals surface area (Å²) in [7, 11) is -3.36. The van der Waals surface area contributed by atoms with Gasteiger partial charge in [0.25, 0.3) is 0 Å². The average molecular weight is 431 g/mol. The fourth-order valence-corrected chi connectivity index (χ4v) is 4.77. The molecule has 0 saturated heterocycles. The van der Waals surface area contributed by atoms with Crippen LogP contribution in [0.4, 0.5) is 11.4 Å². The molecule has 162 valence electrons. The van der Waals surface area contributed by atoms with Gasteiger partial charge in [0.2, 0.25) is 10.0 Å². The third-order valence-corrected chi connectivity index (χ3v) is 6.77. The molecule has 0 radical (unpaired) electrons. The topological polar surface area (TPSA) is 72.2 Å². The Kier molecular flexibility index (Phi) is 13.4. The number of alkyl halides is 1. The summed E-state index contributed by atoms with van der Waals surface area (Å²) in [5.41, 5.74) is 6.72. The second-order valence-corrected chi connectivity index (χ2v) is 10.2. The predicted octanol–water partition coefficient (Wildman–Crippen LogP) is 6.71. The normalized spacial score (nSPS) is 12.8. The van der Waals surface area contributed by atoms with Crippen molar-refractivity contribution in [2.45, 2.75) is 95.8 Å². The maximum Gasteiger partial charge on any atom is 0.232 e. The smallest absolute Gasteiger partial charge is 0.232 e. The first-order chi connectivity index (χ1) is 13.4. The Bertz CT molecular complexity index is 623. The summed E-state index contributed by atoms with van der Waals surface area (Å²) in [4.78, 5) is 0. The van der Waals surface area contributed by atoms with Crippen molar-refractivity contribution in [1.82, 2.24) is 0 Å². The fourth-order valence-electron chi connectivity index (χ4n) is 3.33. The van der Waals surface area contributed by atoms with E-state index in [1.807, 2.05) is 0 Å². The van der Waals surface area contributed by atoms with Gasteiger partial charge in [0.1, 0.15) is 0 Å². The summed E-state index contributed by atoms with van der Waals surface area (Å²) in [6.07, 6.45) is 15.4. The molecule has 1 aromatic rings. The van der Waals surface area contributed by atoms with E-state index in [1.54, 1.807) is 24.3 Å². The molecule has 0 fully saturated rings. The van der Waals surface area contributed by atoms with Crippen LogP contribution < -0.4 is 10.5 Å². The number of nitrogens with two attached hydrogens (primary N) is 1. The van der Waals surface area contributed by atoms with Gasteiger partial charge < -0.3 is 5.73 Å². The molecule has 6 heteroatoms. The molecule has 0 spiro atoms. The molecule has 1 atom stereocenters. The van der Waals surface area contributed by atoms with E-state index in [1.165, 1.54) is 57.8 Å². The monoisotopic (exact) mass is 430 g/mol. The summed E-state index contributed by atoms with van der Waals surface area (Å²) in [6.45, 7) is 2.25. The number of unbranched alkanes of at least 4 members (excludes halogenated alkanes) is 9. The van der Waals surface area contributed by atoms with Crippen LogP contribution in [0, 0.1) is 0 Å². The predicted molar refractivity (Wildman–Crippen MR) is 124 cm³/mol. The molecular weight excluding hydrogens is 392 g/mol. The molecule has 0 bridgehead atoms. The molecule has 0 heterocycles. The third-order valence-electron chi connectivity index (χ3n) is 4.96. The van der Waals surface area contributed by atoms with Gasteiger partial charge >= 0.3 is 0 Å². The summed E-state index contributed by atoms with van der Waals surface area (Å²) in [5.74, 6) is 0.0864. The van der Waals surface area contributed by atoms with Crippen molar-refractivity contribution in [3.63, 3.8) is 0 Å². The van der Waals surface area contributed by atoms with Crippen molar-refractivity contribution >= 4 is 33.0 Å². The third kappa shape index (κ3) is 13.3. The molecule has 0 aliphatic rings. The first-order valence-corrected chi connectivity index (χ1v) is 13.0. The Labute approximate surface area is 177 Å². The quantitative estimate of drug-likeness (QED) is 0.164. The number of hydrogen-bond donors (Lipinski definition) is 2. The molecule has 0 aliphatic heterocycles. The Hall–Kier alpha value is -0.940. The van der Waals surface area contributed by atoms with Crippen molar-refractivity contribution in [1.29, 1.82) is 0 Å². The maximum atomic E-state index is 12.1. The highest BCUT2D eigenvalue weighted by Crippen LogP contribution is 2.18. The number of sulfonamides is 1. The molecule has 0 aromatic heterocycles. The van der Waals surface area contributed by atoms with Gasteiger partial charge in [0.05, 0.1) is 11.4 Å². The lowest BCUT2D eigenvalue weighted by Gasteiger charge is -2.11. The molecule has 1 aromatic carbocycles. The Morgan fingerprint density at radius 3 is 2.11 bits per heavy atom. The summed E-state index contributed by atoms with van der Waals surface area (Å²) in [6, 6.07) is 6.77. The lowest BCUT2D eigenvalue weighted by Crippen LogP contribution is -2.17. The van der Waals surface area contributed by atoms with Crippen LogP contribution in [0.15, 0.2) is 24.3 Å². The van der Waals surface area contributed by atoms with Gasteiger partial charge in [-0.05, 0) is 37.5 Å². The van der Waals surface area contributed by atoms with Gasteiger partial charge in [-0.25, -0.2) is 8.42 Å². The lowest BCUT2D eigenvalue weighted by atomic mass is 10.0. The number of rotatable bonds is 17. The molecule has 0 aliphatic carbocycles. The molecular formula is C22H39ClN2O2S. The van der Waals surface area contributed by atoms with Gasteiger partial charge in [-0.3, -0.25) is 4.72 Å². The lowest BCUT2D eigenvalue weighted by molar-refractivity contribution is 0.539. The fraction of sp³-hybridized carbons (Fsp3) is 0.727. The van der Waals surface area contributed by atoms with Crippen molar-refractivity contribution < 1.29 is 8.42 Å². The van der Waals surface area contributed by atoms with E-state index in [9.17, 15) is 8.42 Å². The van der Waals surface area contributed by atoms with Crippen molar-refractivity contribution in [3.8, 4) is 0 Å². The SMILES string of the molecule is CCCCCCCCCCCCC(Cl)CCCS(=O)(=O)Nc1cccc(N)c1. The second-order valence-electron chi connectivity index (χ2n) is 7.76. The molecule has 4 nitrogen and oxygen atoms in total. The minimum Gasteiger partial charge on any atom is -0.399 e.